The van der Waals surface area contributed by atoms with Gasteiger partial charge in [0.1, 0.15) is 13.2 Å². The molecule has 4 rings (SSSR count). The van der Waals surface area contributed by atoms with Crippen LogP contribution in [0, 0.1) is 6.92 Å². The van der Waals surface area contributed by atoms with Crippen LogP contribution in [0.2, 0.25) is 5.02 Å². The molecule has 1 fully saturated rings. The van der Waals surface area contributed by atoms with Crippen molar-refractivity contribution in [3.8, 4) is 11.5 Å². The van der Waals surface area contributed by atoms with E-state index in [0.717, 1.165) is 38.0 Å². The fourth-order valence-corrected chi connectivity index (χ4v) is 4.28. The number of carbonyl (C=O) groups excluding carboxylic acids is 1. The maximum absolute atomic E-state index is 12.5. The van der Waals surface area contributed by atoms with Crippen LogP contribution in [0.25, 0.3) is 0 Å². The summed E-state index contributed by atoms with van der Waals surface area (Å²) in [6, 6.07) is 12.4. The van der Waals surface area contributed by atoms with Gasteiger partial charge in [0.25, 0.3) is 0 Å². The Kier molecular flexibility index (Phi) is 6.26. The zero-order valence-corrected chi connectivity index (χ0v) is 17.5. The highest BCUT2D eigenvalue weighted by Crippen LogP contribution is 2.38. The molecule has 2 aliphatic rings. The van der Waals surface area contributed by atoms with Crippen molar-refractivity contribution < 1.29 is 14.3 Å². The Morgan fingerprint density at radius 3 is 2.72 bits per heavy atom. The molecule has 0 unspecified atom stereocenters. The number of amides is 1. The van der Waals surface area contributed by atoms with E-state index in [0.29, 0.717) is 36.2 Å². The number of piperidine rings is 1. The lowest BCUT2D eigenvalue weighted by Crippen LogP contribution is -2.44. The van der Waals surface area contributed by atoms with Crippen molar-refractivity contribution in [3.05, 3.63) is 58.1 Å². The van der Waals surface area contributed by atoms with Crippen LogP contribution in [0.15, 0.2) is 36.4 Å². The normalized spacial score (nSPS) is 17.2. The van der Waals surface area contributed by atoms with Gasteiger partial charge < -0.3 is 14.8 Å². The van der Waals surface area contributed by atoms with Crippen LogP contribution in [0.4, 0.5) is 0 Å². The number of halogens is 1. The quantitative estimate of drug-likeness (QED) is 0.809. The number of likely N-dealkylation sites (tertiary alicyclic amines) is 1. The number of benzene rings is 2. The van der Waals surface area contributed by atoms with Crippen LogP contribution in [0.1, 0.15) is 29.5 Å². The van der Waals surface area contributed by atoms with Crippen LogP contribution in [0.3, 0.4) is 0 Å². The number of nitrogens with one attached hydrogen (secondary N) is 1. The van der Waals surface area contributed by atoms with Crippen LogP contribution in [-0.4, -0.2) is 43.2 Å². The Labute approximate surface area is 176 Å². The molecule has 6 heteroatoms. The number of rotatable bonds is 5. The van der Waals surface area contributed by atoms with Crippen LogP contribution < -0.4 is 14.8 Å². The van der Waals surface area contributed by atoms with E-state index in [2.05, 4.69) is 41.4 Å². The second-order valence-corrected chi connectivity index (χ2v) is 8.23. The van der Waals surface area contributed by atoms with E-state index in [4.69, 9.17) is 21.1 Å². The number of hydrogen-bond acceptors (Lipinski definition) is 4. The van der Waals surface area contributed by atoms with Crippen LogP contribution in [-0.2, 0) is 17.8 Å². The van der Waals surface area contributed by atoms with Crippen LogP contribution >= 0.6 is 11.6 Å². The van der Waals surface area contributed by atoms with Crippen molar-refractivity contribution in [2.75, 3.05) is 26.3 Å². The standard InChI is InChI=1S/C23H27ClN2O3/c1-16-4-2-3-5-18(16)15-26-8-6-19(7-9-26)25-22(27)14-17-12-20(24)23-21(13-17)28-10-11-29-23/h2-5,12-13,19H,6-11,14-15H2,1H3,(H,25,27). The summed E-state index contributed by atoms with van der Waals surface area (Å²) in [6.45, 7) is 6.12. The summed E-state index contributed by atoms with van der Waals surface area (Å²) in [5.74, 6) is 1.22. The Bertz CT molecular complexity index is 878. The van der Waals surface area contributed by atoms with Crippen molar-refractivity contribution in [1.82, 2.24) is 10.2 Å². The molecule has 2 aliphatic heterocycles. The summed E-state index contributed by atoms with van der Waals surface area (Å²) < 4.78 is 11.1. The highest BCUT2D eigenvalue weighted by Gasteiger charge is 2.22. The molecule has 2 aromatic carbocycles. The third kappa shape index (κ3) is 5.03. The molecule has 0 aromatic heterocycles. The lowest BCUT2D eigenvalue weighted by molar-refractivity contribution is -0.121. The van der Waals surface area contributed by atoms with Crippen molar-refractivity contribution in [1.29, 1.82) is 0 Å². The lowest BCUT2D eigenvalue weighted by atomic mass is 10.0. The predicted octanol–water partition coefficient (Wildman–Crippen LogP) is 3.74. The number of carbonyl (C=O) groups is 1. The van der Waals surface area contributed by atoms with E-state index in [1.54, 1.807) is 6.07 Å². The van der Waals surface area contributed by atoms with Crippen molar-refractivity contribution in [2.24, 2.45) is 0 Å². The molecule has 0 radical (unpaired) electrons. The fourth-order valence-electron chi connectivity index (χ4n) is 3.99. The second kappa shape index (κ2) is 9.06. The van der Waals surface area contributed by atoms with E-state index in [-0.39, 0.29) is 11.9 Å². The number of ether oxygens (including phenoxy) is 2. The van der Waals surface area contributed by atoms with Gasteiger partial charge in [0, 0.05) is 25.7 Å². The maximum atomic E-state index is 12.5. The average Bonchev–Trinajstić information content (AvgIpc) is 2.71. The molecule has 2 heterocycles. The molecule has 0 bridgehead atoms. The first-order valence-corrected chi connectivity index (χ1v) is 10.6. The summed E-state index contributed by atoms with van der Waals surface area (Å²) in [4.78, 5) is 15.0. The van der Waals surface area contributed by atoms with Crippen molar-refractivity contribution in [2.45, 2.75) is 38.8 Å². The van der Waals surface area contributed by atoms with E-state index >= 15 is 0 Å². The van der Waals surface area contributed by atoms with Gasteiger partial charge in [-0.25, -0.2) is 0 Å². The monoisotopic (exact) mass is 414 g/mol. The SMILES string of the molecule is Cc1ccccc1CN1CCC(NC(=O)Cc2cc(Cl)c3c(c2)OCCO3)CC1. The van der Waals surface area contributed by atoms with Gasteiger partial charge in [-0.05, 0) is 48.6 Å². The van der Waals surface area contributed by atoms with Crippen molar-refractivity contribution in [3.63, 3.8) is 0 Å². The van der Waals surface area contributed by atoms with E-state index in [1.807, 2.05) is 6.07 Å². The highest BCUT2D eigenvalue weighted by molar-refractivity contribution is 6.32. The molecule has 29 heavy (non-hydrogen) atoms. The van der Waals surface area contributed by atoms with Gasteiger partial charge in [-0.2, -0.15) is 0 Å². The molecule has 1 N–H and O–H groups in total. The molecular formula is C23H27ClN2O3. The van der Waals surface area contributed by atoms with Crippen LogP contribution in [0.5, 0.6) is 11.5 Å². The molecule has 154 valence electrons. The van der Waals surface area contributed by atoms with Gasteiger partial charge >= 0.3 is 0 Å². The summed E-state index contributed by atoms with van der Waals surface area (Å²) in [7, 11) is 0. The Morgan fingerprint density at radius 1 is 1.17 bits per heavy atom. The van der Waals surface area contributed by atoms with Gasteiger partial charge in [-0.3, -0.25) is 9.69 Å². The zero-order chi connectivity index (χ0) is 20.2. The van der Waals surface area contributed by atoms with Gasteiger partial charge in [0.05, 0.1) is 11.4 Å². The number of hydrogen-bond donors (Lipinski definition) is 1. The summed E-state index contributed by atoms with van der Waals surface area (Å²) >= 11 is 6.27. The first-order valence-electron chi connectivity index (χ1n) is 10.2. The summed E-state index contributed by atoms with van der Waals surface area (Å²) in [5.41, 5.74) is 3.56. The molecule has 1 saturated heterocycles. The minimum atomic E-state index is 0.0232. The molecule has 0 atom stereocenters. The van der Waals surface area contributed by atoms with Gasteiger partial charge in [-0.15, -0.1) is 0 Å². The molecule has 2 aromatic rings. The third-order valence-corrected chi connectivity index (χ3v) is 5.91. The Hall–Kier alpha value is -2.24. The van der Waals surface area contributed by atoms with Gasteiger partial charge in [0.2, 0.25) is 5.91 Å². The first kappa shape index (κ1) is 20.0. The largest absolute Gasteiger partial charge is 0.486 e. The molecule has 0 aliphatic carbocycles. The molecule has 0 saturated carbocycles. The third-order valence-electron chi connectivity index (χ3n) is 5.63. The fraction of sp³-hybridized carbons (Fsp3) is 0.435. The first-order chi connectivity index (χ1) is 14.1. The molecule has 5 nitrogen and oxygen atoms in total. The zero-order valence-electron chi connectivity index (χ0n) is 16.7. The van der Waals surface area contributed by atoms with E-state index < -0.39 is 0 Å². The smallest absolute Gasteiger partial charge is 0.224 e. The topological polar surface area (TPSA) is 50.8 Å². The minimum Gasteiger partial charge on any atom is -0.486 e. The van der Waals surface area contributed by atoms with E-state index in [1.165, 1.54) is 11.1 Å². The highest BCUT2D eigenvalue weighted by atomic mass is 35.5. The van der Waals surface area contributed by atoms with Gasteiger partial charge in [0.15, 0.2) is 11.5 Å². The Morgan fingerprint density at radius 2 is 1.93 bits per heavy atom. The van der Waals surface area contributed by atoms with Gasteiger partial charge in [-0.1, -0.05) is 35.9 Å². The minimum absolute atomic E-state index is 0.0232. The predicted molar refractivity (Wildman–Crippen MR) is 114 cm³/mol. The van der Waals surface area contributed by atoms with E-state index in [9.17, 15) is 4.79 Å². The lowest BCUT2D eigenvalue weighted by Gasteiger charge is -2.32. The molecule has 0 spiro atoms. The summed E-state index contributed by atoms with van der Waals surface area (Å²) in [5, 5.41) is 3.68. The molecular weight excluding hydrogens is 388 g/mol. The summed E-state index contributed by atoms with van der Waals surface area (Å²) in [6.07, 6.45) is 2.23. The second-order valence-electron chi connectivity index (χ2n) is 7.82. The number of fused-ring (bicyclic) bond motifs is 1. The number of aryl methyl sites for hydroxylation is 1. The Balaban J connectivity index is 1.27. The molecule has 1 amide bonds. The average molecular weight is 415 g/mol. The van der Waals surface area contributed by atoms with Crippen molar-refractivity contribution >= 4 is 17.5 Å². The maximum Gasteiger partial charge on any atom is 0.224 e. The number of nitrogens with zero attached hydrogens (tertiary/aromatic N) is 1.